The highest BCUT2D eigenvalue weighted by Gasteiger charge is 2.17. The van der Waals surface area contributed by atoms with Crippen molar-refractivity contribution < 1.29 is 4.74 Å². The molecule has 1 aromatic rings. The molecule has 112 valence electrons. The van der Waals surface area contributed by atoms with Crippen molar-refractivity contribution in [3.8, 4) is 5.88 Å². The average Bonchev–Trinajstić information content (AvgIpc) is 2.45. The molecule has 1 aliphatic rings. The van der Waals surface area contributed by atoms with Crippen LogP contribution in [0.5, 0.6) is 5.88 Å². The summed E-state index contributed by atoms with van der Waals surface area (Å²) in [5.74, 6) is 2.38. The van der Waals surface area contributed by atoms with E-state index in [1.807, 2.05) is 19.9 Å². The fraction of sp³-hybridized carbons (Fsp3) is 0.733. The molecule has 0 aliphatic carbocycles. The predicted molar refractivity (Wildman–Crippen MR) is 81.3 cm³/mol. The average molecular weight is 278 g/mol. The fourth-order valence-corrected chi connectivity index (χ4v) is 2.57. The Bertz CT molecular complexity index is 405. The first-order valence-electron chi connectivity index (χ1n) is 7.63. The van der Waals surface area contributed by atoms with Crippen molar-refractivity contribution in [2.45, 2.75) is 39.7 Å². The zero-order valence-electron chi connectivity index (χ0n) is 12.8. The van der Waals surface area contributed by atoms with Crippen molar-refractivity contribution in [1.82, 2.24) is 15.3 Å². The van der Waals surface area contributed by atoms with Crippen molar-refractivity contribution in [2.75, 3.05) is 31.1 Å². The number of anilines is 1. The standard InChI is InChI=1S/C15H26N4O/c1-4-19(10-13-5-7-16-8-6-13)14-9-15(18-11-17-14)20-12(2)3/h9,11-13,16H,4-8,10H2,1-3H3. The Morgan fingerprint density at radius 3 is 2.75 bits per heavy atom. The van der Waals surface area contributed by atoms with Gasteiger partial charge in [0, 0.05) is 19.2 Å². The van der Waals surface area contributed by atoms with Crippen LogP contribution in [-0.4, -0.2) is 42.3 Å². The van der Waals surface area contributed by atoms with Gasteiger partial charge in [0.15, 0.2) is 0 Å². The molecule has 0 aromatic carbocycles. The number of nitrogens with one attached hydrogen (secondary N) is 1. The molecule has 0 amide bonds. The number of ether oxygens (including phenoxy) is 1. The summed E-state index contributed by atoms with van der Waals surface area (Å²) in [6, 6.07) is 1.95. The molecule has 1 N–H and O–H groups in total. The number of aromatic nitrogens is 2. The van der Waals surface area contributed by atoms with Gasteiger partial charge < -0.3 is 15.0 Å². The van der Waals surface area contributed by atoms with E-state index < -0.39 is 0 Å². The van der Waals surface area contributed by atoms with Gasteiger partial charge in [0.25, 0.3) is 0 Å². The molecule has 2 heterocycles. The molecule has 5 nitrogen and oxygen atoms in total. The number of hydrogen-bond acceptors (Lipinski definition) is 5. The number of hydrogen-bond donors (Lipinski definition) is 1. The highest BCUT2D eigenvalue weighted by Crippen LogP contribution is 2.20. The van der Waals surface area contributed by atoms with E-state index in [0.29, 0.717) is 5.88 Å². The summed E-state index contributed by atoms with van der Waals surface area (Å²) >= 11 is 0. The molecule has 20 heavy (non-hydrogen) atoms. The maximum absolute atomic E-state index is 5.65. The lowest BCUT2D eigenvalue weighted by atomic mass is 9.97. The first-order chi connectivity index (χ1) is 9.69. The van der Waals surface area contributed by atoms with Gasteiger partial charge in [-0.25, -0.2) is 9.97 Å². The van der Waals surface area contributed by atoms with Crippen LogP contribution in [0.1, 0.15) is 33.6 Å². The van der Waals surface area contributed by atoms with Crippen LogP contribution in [0.15, 0.2) is 12.4 Å². The Labute approximate surface area is 121 Å². The Balaban J connectivity index is 2.02. The zero-order chi connectivity index (χ0) is 14.4. The molecule has 1 aromatic heterocycles. The van der Waals surface area contributed by atoms with Gasteiger partial charge in [-0.1, -0.05) is 0 Å². The second kappa shape index (κ2) is 7.43. The molecule has 1 saturated heterocycles. The summed E-state index contributed by atoms with van der Waals surface area (Å²) in [6.07, 6.45) is 4.23. The Kier molecular flexibility index (Phi) is 5.59. The van der Waals surface area contributed by atoms with Gasteiger partial charge >= 0.3 is 0 Å². The summed E-state index contributed by atoms with van der Waals surface area (Å²) in [6.45, 7) is 10.5. The quantitative estimate of drug-likeness (QED) is 0.863. The van der Waals surface area contributed by atoms with Crippen LogP contribution in [0.4, 0.5) is 5.82 Å². The smallest absolute Gasteiger partial charge is 0.218 e. The van der Waals surface area contributed by atoms with E-state index in [2.05, 4.69) is 27.1 Å². The highest BCUT2D eigenvalue weighted by molar-refractivity contribution is 5.40. The normalized spacial score (nSPS) is 16.4. The van der Waals surface area contributed by atoms with Gasteiger partial charge in [0.05, 0.1) is 6.10 Å². The van der Waals surface area contributed by atoms with Gasteiger partial charge in [0.1, 0.15) is 12.1 Å². The van der Waals surface area contributed by atoms with Crippen LogP contribution in [0.2, 0.25) is 0 Å². The summed E-state index contributed by atoms with van der Waals surface area (Å²) in [4.78, 5) is 10.9. The molecule has 2 rings (SSSR count). The van der Waals surface area contributed by atoms with Gasteiger partial charge in [-0.2, -0.15) is 0 Å². The Morgan fingerprint density at radius 1 is 1.35 bits per heavy atom. The minimum Gasteiger partial charge on any atom is -0.475 e. The molecule has 1 fully saturated rings. The van der Waals surface area contributed by atoms with Crippen LogP contribution in [-0.2, 0) is 0 Å². The summed E-state index contributed by atoms with van der Waals surface area (Å²) in [5.41, 5.74) is 0. The lowest BCUT2D eigenvalue weighted by Gasteiger charge is -2.30. The van der Waals surface area contributed by atoms with E-state index in [1.165, 1.54) is 12.8 Å². The third-order valence-electron chi connectivity index (χ3n) is 3.63. The molecular weight excluding hydrogens is 252 g/mol. The molecule has 1 aliphatic heterocycles. The monoisotopic (exact) mass is 278 g/mol. The van der Waals surface area contributed by atoms with Gasteiger partial charge in [-0.05, 0) is 52.6 Å². The predicted octanol–water partition coefficient (Wildman–Crippen LogP) is 2.09. The van der Waals surface area contributed by atoms with Crippen LogP contribution < -0.4 is 15.0 Å². The summed E-state index contributed by atoms with van der Waals surface area (Å²) in [5, 5.41) is 3.41. The topological polar surface area (TPSA) is 50.3 Å². The van der Waals surface area contributed by atoms with E-state index in [9.17, 15) is 0 Å². The fourth-order valence-electron chi connectivity index (χ4n) is 2.57. The lowest BCUT2D eigenvalue weighted by molar-refractivity contribution is 0.232. The minimum absolute atomic E-state index is 0.136. The number of nitrogens with zero attached hydrogens (tertiary/aromatic N) is 3. The van der Waals surface area contributed by atoms with Crippen LogP contribution in [0.3, 0.4) is 0 Å². The van der Waals surface area contributed by atoms with Crippen molar-refractivity contribution in [1.29, 1.82) is 0 Å². The molecule has 0 atom stereocenters. The van der Waals surface area contributed by atoms with E-state index in [-0.39, 0.29) is 6.10 Å². The maximum Gasteiger partial charge on any atom is 0.218 e. The van der Waals surface area contributed by atoms with Crippen LogP contribution in [0, 0.1) is 5.92 Å². The molecular formula is C15H26N4O. The van der Waals surface area contributed by atoms with Crippen LogP contribution >= 0.6 is 0 Å². The zero-order valence-corrected chi connectivity index (χ0v) is 12.8. The van der Waals surface area contributed by atoms with E-state index >= 15 is 0 Å². The summed E-state index contributed by atoms with van der Waals surface area (Å²) in [7, 11) is 0. The Hall–Kier alpha value is -1.36. The first-order valence-corrected chi connectivity index (χ1v) is 7.63. The number of rotatable bonds is 6. The van der Waals surface area contributed by atoms with E-state index in [4.69, 9.17) is 4.74 Å². The second-order valence-corrected chi connectivity index (χ2v) is 5.61. The van der Waals surface area contributed by atoms with Gasteiger partial charge in [-0.3, -0.25) is 0 Å². The van der Waals surface area contributed by atoms with E-state index in [0.717, 1.165) is 37.9 Å². The third kappa shape index (κ3) is 4.34. The van der Waals surface area contributed by atoms with Crippen LogP contribution in [0.25, 0.3) is 0 Å². The van der Waals surface area contributed by atoms with Gasteiger partial charge in [0.2, 0.25) is 5.88 Å². The van der Waals surface area contributed by atoms with Crippen molar-refractivity contribution in [3.63, 3.8) is 0 Å². The molecule has 0 spiro atoms. The molecule has 0 unspecified atom stereocenters. The van der Waals surface area contributed by atoms with E-state index in [1.54, 1.807) is 6.33 Å². The second-order valence-electron chi connectivity index (χ2n) is 5.61. The largest absolute Gasteiger partial charge is 0.475 e. The van der Waals surface area contributed by atoms with Crippen molar-refractivity contribution in [3.05, 3.63) is 12.4 Å². The third-order valence-corrected chi connectivity index (χ3v) is 3.63. The van der Waals surface area contributed by atoms with Crippen molar-refractivity contribution >= 4 is 5.82 Å². The highest BCUT2D eigenvalue weighted by atomic mass is 16.5. The Morgan fingerprint density at radius 2 is 2.10 bits per heavy atom. The van der Waals surface area contributed by atoms with Crippen molar-refractivity contribution in [2.24, 2.45) is 5.92 Å². The lowest BCUT2D eigenvalue weighted by Crippen LogP contribution is -2.36. The maximum atomic E-state index is 5.65. The van der Waals surface area contributed by atoms with Gasteiger partial charge in [-0.15, -0.1) is 0 Å². The summed E-state index contributed by atoms with van der Waals surface area (Å²) < 4.78 is 5.65. The molecule has 0 bridgehead atoms. The number of piperidine rings is 1. The SMILES string of the molecule is CCN(CC1CCNCC1)c1cc(OC(C)C)ncn1. The minimum atomic E-state index is 0.136. The molecule has 0 radical (unpaired) electrons. The molecule has 5 heteroatoms. The molecule has 0 saturated carbocycles. The first kappa shape index (κ1) is 15.0.